The molecular formula is C13H30O4P2. The summed E-state index contributed by atoms with van der Waals surface area (Å²) in [5, 5.41) is 0.254. The Morgan fingerprint density at radius 1 is 0.684 bits per heavy atom. The smallest absolute Gasteiger partial charge is 0.183 e. The summed E-state index contributed by atoms with van der Waals surface area (Å²) < 4.78 is 23.3. The largest absolute Gasteiger partial charge is 0.334 e. The van der Waals surface area contributed by atoms with Gasteiger partial charge in [-0.05, 0) is 34.1 Å². The Morgan fingerprint density at radius 2 is 1.05 bits per heavy atom. The van der Waals surface area contributed by atoms with Crippen LogP contribution in [0.25, 0.3) is 0 Å². The van der Waals surface area contributed by atoms with Gasteiger partial charge in [-0.15, -0.1) is 0 Å². The van der Waals surface area contributed by atoms with Gasteiger partial charge in [0.2, 0.25) is 0 Å². The lowest BCUT2D eigenvalue weighted by Crippen LogP contribution is -2.12. The van der Waals surface area contributed by atoms with Crippen LogP contribution >= 0.6 is 16.8 Å². The molecular weight excluding hydrogens is 282 g/mol. The zero-order valence-corrected chi connectivity index (χ0v) is 14.8. The van der Waals surface area contributed by atoms with Crippen LogP contribution in [0.5, 0.6) is 0 Å². The fourth-order valence-corrected chi connectivity index (χ4v) is 5.66. The first-order valence-electron chi connectivity index (χ1n) is 7.35. The van der Waals surface area contributed by atoms with Crippen LogP contribution in [0.15, 0.2) is 0 Å². The molecule has 0 aromatic rings. The third kappa shape index (κ3) is 8.55. The number of rotatable bonds is 13. The van der Waals surface area contributed by atoms with Gasteiger partial charge in [0.25, 0.3) is 0 Å². The SMILES string of the molecule is CCCCC(P(OCC)OCC)P(OCC)OCC. The number of hydrogen-bond donors (Lipinski definition) is 0. The molecule has 0 aliphatic carbocycles. The van der Waals surface area contributed by atoms with E-state index < -0.39 is 16.8 Å². The molecule has 0 saturated carbocycles. The van der Waals surface area contributed by atoms with Crippen molar-refractivity contribution in [1.82, 2.24) is 0 Å². The van der Waals surface area contributed by atoms with Crippen LogP contribution in [0.3, 0.4) is 0 Å². The molecule has 0 heterocycles. The maximum absolute atomic E-state index is 5.81. The summed E-state index contributed by atoms with van der Waals surface area (Å²) in [5.74, 6) is 0. The van der Waals surface area contributed by atoms with E-state index in [4.69, 9.17) is 18.1 Å². The molecule has 6 heteroatoms. The van der Waals surface area contributed by atoms with Gasteiger partial charge < -0.3 is 18.1 Å². The molecule has 0 rings (SSSR count). The lowest BCUT2D eigenvalue weighted by Gasteiger charge is -2.30. The van der Waals surface area contributed by atoms with Crippen LogP contribution < -0.4 is 0 Å². The summed E-state index contributed by atoms with van der Waals surface area (Å²) in [4.78, 5) is 0. The van der Waals surface area contributed by atoms with Crippen molar-refractivity contribution in [2.75, 3.05) is 26.4 Å². The molecule has 0 radical (unpaired) electrons. The van der Waals surface area contributed by atoms with Gasteiger partial charge in [-0.25, -0.2) is 0 Å². The van der Waals surface area contributed by atoms with Crippen molar-refractivity contribution in [3.63, 3.8) is 0 Å². The first-order valence-corrected chi connectivity index (χ1v) is 9.84. The minimum absolute atomic E-state index is 0.254. The highest BCUT2D eigenvalue weighted by molar-refractivity contribution is 7.66. The highest BCUT2D eigenvalue weighted by Gasteiger charge is 2.33. The molecule has 0 aromatic carbocycles. The highest BCUT2D eigenvalue weighted by Crippen LogP contribution is 2.62. The van der Waals surface area contributed by atoms with Gasteiger partial charge in [0.15, 0.2) is 16.8 Å². The molecule has 0 aliphatic heterocycles. The summed E-state index contributed by atoms with van der Waals surface area (Å²) >= 11 is 0. The lowest BCUT2D eigenvalue weighted by molar-refractivity contribution is 0.246. The molecule has 0 unspecified atom stereocenters. The van der Waals surface area contributed by atoms with E-state index in [0.29, 0.717) is 26.4 Å². The lowest BCUT2D eigenvalue weighted by atomic mass is 10.3. The third-order valence-corrected chi connectivity index (χ3v) is 7.00. The van der Waals surface area contributed by atoms with Crippen LogP contribution in [0.1, 0.15) is 53.9 Å². The highest BCUT2D eigenvalue weighted by atomic mass is 31.2. The zero-order chi connectivity index (χ0) is 14.5. The molecule has 0 atom stereocenters. The molecule has 0 aromatic heterocycles. The van der Waals surface area contributed by atoms with Crippen molar-refractivity contribution in [3.05, 3.63) is 0 Å². The van der Waals surface area contributed by atoms with E-state index in [9.17, 15) is 0 Å². The summed E-state index contributed by atoms with van der Waals surface area (Å²) in [6.07, 6.45) is 3.37. The van der Waals surface area contributed by atoms with E-state index >= 15 is 0 Å². The van der Waals surface area contributed by atoms with E-state index in [-0.39, 0.29) is 5.40 Å². The Labute approximate surface area is 121 Å². The molecule has 0 fully saturated rings. The Balaban J connectivity index is 4.76. The molecule has 116 valence electrons. The molecule has 0 spiro atoms. The average Bonchev–Trinajstić information content (AvgIpc) is 2.40. The number of unbranched alkanes of at least 4 members (excludes halogenated alkanes) is 1. The Bertz CT molecular complexity index is 167. The van der Waals surface area contributed by atoms with Crippen LogP contribution in [0, 0.1) is 0 Å². The fraction of sp³-hybridized carbons (Fsp3) is 1.00. The Kier molecular flexibility index (Phi) is 14.2. The van der Waals surface area contributed by atoms with Crippen molar-refractivity contribution < 1.29 is 18.1 Å². The van der Waals surface area contributed by atoms with Gasteiger partial charge in [0.1, 0.15) is 0 Å². The van der Waals surface area contributed by atoms with Crippen LogP contribution in [0.4, 0.5) is 0 Å². The van der Waals surface area contributed by atoms with Gasteiger partial charge in [-0.2, -0.15) is 0 Å². The second-order valence-corrected chi connectivity index (χ2v) is 7.69. The number of hydrogen-bond acceptors (Lipinski definition) is 4. The summed E-state index contributed by atoms with van der Waals surface area (Å²) in [6, 6.07) is 0. The summed E-state index contributed by atoms with van der Waals surface area (Å²) in [5.41, 5.74) is 0. The van der Waals surface area contributed by atoms with Crippen LogP contribution in [0.2, 0.25) is 0 Å². The van der Waals surface area contributed by atoms with E-state index in [1.807, 2.05) is 27.7 Å². The Hall–Kier alpha value is 0.700. The van der Waals surface area contributed by atoms with Gasteiger partial charge in [0, 0.05) is 0 Å². The summed E-state index contributed by atoms with van der Waals surface area (Å²) in [7, 11) is -1.84. The Morgan fingerprint density at radius 3 is 1.32 bits per heavy atom. The predicted octanol–water partition coefficient (Wildman–Crippen LogP) is 5.27. The molecule has 0 aliphatic rings. The fourth-order valence-electron chi connectivity index (χ4n) is 1.60. The van der Waals surface area contributed by atoms with Gasteiger partial charge in [-0.3, -0.25) is 0 Å². The molecule has 0 bridgehead atoms. The second-order valence-electron chi connectivity index (χ2n) is 3.86. The van der Waals surface area contributed by atoms with Crippen molar-refractivity contribution in [1.29, 1.82) is 0 Å². The van der Waals surface area contributed by atoms with Crippen molar-refractivity contribution in [2.24, 2.45) is 0 Å². The minimum Gasteiger partial charge on any atom is -0.334 e. The minimum atomic E-state index is -0.920. The maximum atomic E-state index is 5.81. The first kappa shape index (κ1) is 19.7. The van der Waals surface area contributed by atoms with Crippen molar-refractivity contribution in [2.45, 2.75) is 59.3 Å². The second kappa shape index (κ2) is 13.7. The molecule has 0 amide bonds. The summed E-state index contributed by atoms with van der Waals surface area (Å²) in [6.45, 7) is 12.9. The molecule has 4 nitrogen and oxygen atoms in total. The van der Waals surface area contributed by atoms with Crippen molar-refractivity contribution >= 4 is 16.8 Å². The van der Waals surface area contributed by atoms with E-state index in [2.05, 4.69) is 6.92 Å². The molecule has 0 N–H and O–H groups in total. The topological polar surface area (TPSA) is 36.9 Å². The predicted molar refractivity (Wildman–Crippen MR) is 83.7 cm³/mol. The van der Waals surface area contributed by atoms with Gasteiger partial charge in [-0.1, -0.05) is 19.8 Å². The van der Waals surface area contributed by atoms with Crippen molar-refractivity contribution in [3.8, 4) is 0 Å². The normalized spacial score (nSPS) is 12.0. The standard InChI is InChI=1S/C13H30O4P2/c1-6-11-12-13(18(14-7-2)15-8-3)19(16-9-4)17-10-5/h13H,6-12H2,1-5H3. The molecule has 0 saturated heterocycles. The maximum Gasteiger partial charge on any atom is 0.183 e. The average molecular weight is 312 g/mol. The first-order chi connectivity index (χ1) is 9.24. The van der Waals surface area contributed by atoms with E-state index in [1.165, 1.54) is 6.42 Å². The zero-order valence-electron chi connectivity index (χ0n) is 13.1. The molecule has 19 heavy (non-hydrogen) atoms. The van der Waals surface area contributed by atoms with Gasteiger partial charge in [0.05, 0.1) is 31.8 Å². The quantitative estimate of drug-likeness (QED) is 0.434. The van der Waals surface area contributed by atoms with Gasteiger partial charge >= 0.3 is 0 Å². The third-order valence-electron chi connectivity index (χ3n) is 2.33. The van der Waals surface area contributed by atoms with E-state index in [1.54, 1.807) is 0 Å². The van der Waals surface area contributed by atoms with E-state index in [0.717, 1.165) is 12.8 Å². The van der Waals surface area contributed by atoms with Crippen LogP contribution in [-0.4, -0.2) is 31.8 Å². The van der Waals surface area contributed by atoms with Crippen LogP contribution in [-0.2, 0) is 18.1 Å². The monoisotopic (exact) mass is 312 g/mol.